The largest absolute Gasteiger partial charge is 0.444 e. The first kappa shape index (κ1) is 24.7. The first-order valence-corrected chi connectivity index (χ1v) is 11.2. The molecular weight excluding hydrogens is 428 g/mol. The number of rotatable bonds is 6. The van der Waals surface area contributed by atoms with E-state index in [1.807, 2.05) is 70.2 Å². The van der Waals surface area contributed by atoms with Gasteiger partial charge in [0.1, 0.15) is 11.4 Å². The van der Waals surface area contributed by atoms with Crippen LogP contribution in [0.4, 0.5) is 10.6 Å². The van der Waals surface area contributed by atoms with E-state index in [4.69, 9.17) is 10.00 Å². The zero-order valence-corrected chi connectivity index (χ0v) is 20.3. The van der Waals surface area contributed by atoms with Crippen LogP contribution in [0.2, 0.25) is 0 Å². The molecule has 0 bridgehead atoms. The predicted molar refractivity (Wildman–Crippen MR) is 132 cm³/mol. The first-order valence-electron chi connectivity index (χ1n) is 11.2. The molecule has 7 nitrogen and oxygen atoms in total. The van der Waals surface area contributed by atoms with E-state index in [0.717, 1.165) is 27.6 Å². The highest BCUT2D eigenvalue weighted by atomic mass is 16.6. The lowest BCUT2D eigenvalue weighted by molar-refractivity contribution is -0.114. The van der Waals surface area contributed by atoms with Crippen LogP contribution in [0, 0.1) is 18.3 Å². The number of amides is 2. The minimum Gasteiger partial charge on any atom is -0.444 e. The van der Waals surface area contributed by atoms with Gasteiger partial charge >= 0.3 is 6.09 Å². The number of carbonyl (C=O) groups is 2. The van der Waals surface area contributed by atoms with Gasteiger partial charge in [-0.05, 0) is 75.1 Å². The molecule has 0 aliphatic carbocycles. The third-order valence-electron chi connectivity index (χ3n) is 5.17. The molecular formula is C27H30N4O3. The Bertz CT molecular complexity index is 1250. The standard InChI is InChI=1S/C27H30N4O3/c1-18-14-20(6-9-23(18)16-28)12-13-31(26(33)34-27(3,4)5)17-21-7-8-22-10-11-25(29-19(2)32)30-24(22)15-21/h6-11,14-15H,12-13,17H2,1-5H3,(H,29,30,32). The average Bonchev–Trinajstić information content (AvgIpc) is 2.74. The van der Waals surface area contributed by atoms with E-state index in [1.54, 1.807) is 11.0 Å². The Hall–Kier alpha value is -3.92. The Kier molecular flexibility index (Phi) is 7.52. The summed E-state index contributed by atoms with van der Waals surface area (Å²) < 4.78 is 5.65. The van der Waals surface area contributed by atoms with Gasteiger partial charge in [-0.1, -0.05) is 24.3 Å². The Labute approximate surface area is 200 Å². The molecule has 0 unspecified atom stereocenters. The maximum absolute atomic E-state index is 13.0. The fraction of sp³-hybridized carbons (Fsp3) is 0.333. The van der Waals surface area contributed by atoms with Crippen LogP contribution in [-0.2, 0) is 22.5 Å². The van der Waals surface area contributed by atoms with E-state index in [2.05, 4.69) is 16.4 Å². The number of ether oxygens (including phenoxy) is 1. The second kappa shape index (κ2) is 10.3. The number of nitrogens with one attached hydrogen (secondary N) is 1. The molecule has 2 aromatic carbocycles. The molecule has 0 radical (unpaired) electrons. The summed E-state index contributed by atoms with van der Waals surface area (Å²) in [6.45, 7) is 9.69. The van der Waals surface area contributed by atoms with Gasteiger partial charge in [-0.2, -0.15) is 5.26 Å². The molecule has 1 aromatic heterocycles. The van der Waals surface area contributed by atoms with Gasteiger partial charge in [0, 0.05) is 25.4 Å². The Balaban J connectivity index is 1.83. The second-order valence-corrected chi connectivity index (χ2v) is 9.32. The minimum atomic E-state index is -0.613. The zero-order valence-electron chi connectivity index (χ0n) is 20.3. The number of hydrogen-bond donors (Lipinski definition) is 1. The maximum Gasteiger partial charge on any atom is 0.410 e. The van der Waals surface area contributed by atoms with E-state index in [-0.39, 0.29) is 5.91 Å². The van der Waals surface area contributed by atoms with Crippen LogP contribution in [0.25, 0.3) is 10.9 Å². The van der Waals surface area contributed by atoms with Crippen molar-refractivity contribution >= 4 is 28.7 Å². The van der Waals surface area contributed by atoms with Gasteiger partial charge < -0.3 is 15.0 Å². The number of fused-ring (bicyclic) bond motifs is 1. The van der Waals surface area contributed by atoms with Gasteiger partial charge in [0.05, 0.1) is 17.1 Å². The van der Waals surface area contributed by atoms with Crippen molar-refractivity contribution < 1.29 is 14.3 Å². The molecule has 176 valence electrons. The molecule has 1 N–H and O–H groups in total. The number of benzene rings is 2. The summed E-state index contributed by atoms with van der Waals surface area (Å²) in [7, 11) is 0. The molecule has 0 atom stereocenters. The van der Waals surface area contributed by atoms with Crippen molar-refractivity contribution in [2.24, 2.45) is 0 Å². The minimum absolute atomic E-state index is 0.183. The molecule has 34 heavy (non-hydrogen) atoms. The fourth-order valence-electron chi connectivity index (χ4n) is 3.56. The van der Waals surface area contributed by atoms with Crippen molar-refractivity contribution in [2.45, 2.75) is 53.2 Å². The fourth-order valence-corrected chi connectivity index (χ4v) is 3.56. The second-order valence-electron chi connectivity index (χ2n) is 9.32. The van der Waals surface area contributed by atoms with Crippen molar-refractivity contribution in [2.75, 3.05) is 11.9 Å². The Morgan fingerprint density at radius 2 is 1.79 bits per heavy atom. The number of hydrogen-bond acceptors (Lipinski definition) is 5. The third kappa shape index (κ3) is 6.79. The highest BCUT2D eigenvalue weighted by molar-refractivity contribution is 5.89. The highest BCUT2D eigenvalue weighted by Gasteiger charge is 2.22. The molecule has 1 heterocycles. The summed E-state index contributed by atoms with van der Waals surface area (Å²) in [6.07, 6.45) is 0.238. The van der Waals surface area contributed by atoms with Crippen molar-refractivity contribution in [3.8, 4) is 6.07 Å². The molecule has 3 rings (SSSR count). The van der Waals surface area contributed by atoms with Gasteiger partial charge in [0.2, 0.25) is 5.91 Å². The molecule has 0 saturated heterocycles. The van der Waals surface area contributed by atoms with E-state index >= 15 is 0 Å². The van der Waals surface area contributed by atoms with Crippen LogP contribution in [0.5, 0.6) is 0 Å². The van der Waals surface area contributed by atoms with Gasteiger partial charge in [-0.15, -0.1) is 0 Å². The smallest absolute Gasteiger partial charge is 0.410 e. The molecule has 0 fully saturated rings. The Morgan fingerprint density at radius 1 is 1.09 bits per heavy atom. The maximum atomic E-state index is 13.0. The van der Waals surface area contributed by atoms with Crippen molar-refractivity contribution in [1.82, 2.24) is 9.88 Å². The molecule has 0 aliphatic rings. The van der Waals surface area contributed by atoms with Gasteiger partial charge in [-0.25, -0.2) is 9.78 Å². The van der Waals surface area contributed by atoms with Gasteiger partial charge in [-0.3, -0.25) is 4.79 Å². The quantitative estimate of drug-likeness (QED) is 0.537. The number of nitrogens with zero attached hydrogens (tertiary/aromatic N) is 3. The van der Waals surface area contributed by atoms with Crippen LogP contribution in [-0.4, -0.2) is 34.0 Å². The van der Waals surface area contributed by atoms with Gasteiger partial charge in [0.15, 0.2) is 0 Å². The Morgan fingerprint density at radius 3 is 2.44 bits per heavy atom. The van der Waals surface area contributed by atoms with Crippen molar-refractivity contribution in [3.05, 3.63) is 70.8 Å². The summed E-state index contributed by atoms with van der Waals surface area (Å²) >= 11 is 0. The summed E-state index contributed by atoms with van der Waals surface area (Å²) in [4.78, 5) is 30.6. The lowest BCUT2D eigenvalue weighted by Crippen LogP contribution is -2.37. The SMILES string of the molecule is CC(=O)Nc1ccc2ccc(CN(CCc3ccc(C#N)c(C)c3)C(=O)OC(C)(C)C)cc2n1. The molecule has 3 aromatic rings. The van der Waals surface area contributed by atoms with E-state index in [9.17, 15) is 9.59 Å². The lowest BCUT2D eigenvalue weighted by atomic mass is 10.0. The van der Waals surface area contributed by atoms with Crippen LogP contribution >= 0.6 is 0 Å². The summed E-state index contributed by atoms with van der Waals surface area (Å²) in [5, 5.41) is 12.8. The number of anilines is 1. The van der Waals surface area contributed by atoms with Crippen LogP contribution < -0.4 is 5.32 Å². The highest BCUT2D eigenvalue weighted by Crippen LogP contribution is 2.20. The molecule has 0 aliphatic heterocycles. The predicted octanol–water partition coefficient (Wildman–Crippen LogP) is 5.35. The van der Waals surface area contributed by atoms with Crippen molar-refractivity contribution in [3.63, 3.8) is 0 Å². The number of aromatic nitrogens is 1. The first-order chi connectivity index (χ1) is 16.0. The molecule has 7 heteroatoms. The normalized spacial score (nSPS) is 11.1. The number of pyridine rings is 1. The van der Waals surface area contributed by atoms with E-state index in [1.165, 1.54) is 6.92 Å². The average molecular weight is 459 g/mol. The van der Waals surface area contributed by atoms with Gasteiger partial charge in [0.25, 0.3) is 0 Å². The van der Waals surface area contributed by atoms with Crippen LogP contribution in [0.1, 0.15) is 49.9 Å². The van der Waals surface area contributed by atoms with Crippen molar-refractivity contribution in [1.29, 1.82) is 5.26 Å². The summed E-state index contributed by atoms with van der Waals surface area (Å²) in [5.74, 6) is 0.300. The third-order valence-corrected chi connectivity index (χ3v) is 5.17. The molecule has 0 spiro atoms. The summed E-state index contributed by atoms with van der Waals surface area (Å²) in [6, 6.07) is 17.4. The number of nitriles is 1. The molecule has 2 amide bonds. The molecule has 0 saturated carbocycles. The number of aryl methyl sites for hydroxylation is 1. The van der Waals surface area contributed by atoms with E-state index < -0.39 is 11.7 Å². The van der Waals surface area contributed by atoms with Crippen LogP contribution in [0.3, 0.4) is 0 Å². The van der Waals surface area contributed by atoms with E-state index in [0.29, 0.717) is 30.9 Å². The van der Waals surface area contributed by atoms with Crippen LogP contribution in [0.15, 0.2) is 48.5 Å². The topological polar surface area (TPSA) is 95.3 Å². The summed E-state index contributed by atoms with van der Waals surface area (Å²) in [5.41, 5.74) is 3.63. The zero-order chi connectivity index (χ0) is 24.9. The monoisotopic (exact) mass is 458 g/mol. The number of carbonyl (C=O) groups excluding carboxylic acids is 2. The lowest BCUT2D eigenvalue weighted by Gasteiger charge is -2.27.